The first kappa shape index (κ1) is 18.9. The van der Waals surface area contributed by atoms with Crippen LogP contribution >= 0.6 is 0 Å². The van der Waals surface area contributed by atoms with E-state index in [1.54, 1.807) is 24.3 Å². The Labute approximate surface area is 165 Å². The third-order valence-electron chi connectivity index (χ3n) is 6.21. The Morgan fingerprint density at radius 1 is 1.07 bits per heavy atom. The predicted molar refractivity (Wildman–Crippen MR) is 106 cm³/mol. The molecule has 2 saturated heterocycles. The maximum atomic E-state index is 13.8. The van der Waals surface area contributed by atoms with E-state index in [0.717, 1.165) is 31.5 Å². The van der Waals surface area contributed by atoms with Crippen LogP contribution < -0.4 is 4.90 Å². The Balaban J connectivity index is 1.59. The number of hydrogen-bond acceptors (Lipinski definition) is 2. The SMILES string of the molecule is CC1(C)CC2(CCCN2C(=O)Cc2cccc(F)c2)CN1c1cccc(F)c1. The Kier molecular flexibility index (Phi) is 4.64. The van der Waals surface area contributed by atoms with Crippen molar-refractivity contribution in [1.82, 2.24) is 4.90 Å². The number of benzene rings is 2. The molecule has 1 atom stereocenters. The second kappa shape index (κ2) is 6.87. The number of hydrogen-bond donors (Lipinski definition) is 0. The zero-order valence-electron chi connectivity index (χ0n) is 16.4. The van der Waals surface area contributed by atoms with Gasteiger partial charge in [0, 0.05) is 24.3 Å². The average molecular weight is 384 g/mol. The van der Waals surface area contributed by atoms with Crippen molar-refractivity contribution in [3.05, 3.63) is 65.7 Å². The van der Waals surface area contributed by atoms with Crippen molar-refractivity contribution in [3.8, 4) is 0 Å². The number of nitrogens with zero attached hydrogens (tertiary/aromatic N) is 2. The van der Waals surface area contributed by atoms with E-state index < -0.39 is 0 Å². The van der Waals surface area contributed by atoms with E-state index in [2.05, 4.69) is 18.7 Å². The van der Waals surface area contributed by atoms with Crippen LogP contribution in [0, 0.1) is 11.6 Å². The summed E-state index contributed by atoms with van der Waals surface area (Å²) in [4.78, 5) is 17.3. The van der Waals surface area contributed by atoms with E-state index in [-0.39, 0.29) is 35.0 Å². The summed E-state index contributed by atoms with van der Waals surface area (Å²) in [6, 6.07) is 12.9. The molecule has 3 nitrogen and oxygen atoms in total. The molecular formula is C23H26F2N2O. The molecule has 2 aromatic rings. The fourth-order valence-corrected chi connectivity index (χ4v) is 5.14. The highest BCUT2D eigenvalue weighted by Crippen LogP contribution is 2.47. The van der Waals surface area contributed by atoms with Crippen molar-refractivity contribution >= 4 is 11.6 Å². The summed E-state index contributed by atoms with van der Waals surface area (Å²) in [6.07, 6.45) is 2.95. The van der Waals surface area contributed by atoms with Crippen LogP contribution in [0.4, 0.5) is 14.5 Å². The van der Waals surface area contributed by atoms with E-state index in [4.69, 9.17) is 0 Å². The van der Waals surface area contributed by atoms with Gasteiger partial charge in [-0.15, -0.1) is 0 Å². The summed E-state index contributed by atoms with van der Waals surface area (Å²) in [5.41, 5.74) is 1.12. The molecule has 2 heterocycles. The number of likely N-dealkylation sites (tertiary alicyclic amines) is 1. The number of rotatable bonds is 3. The first-order valence-electron chi connectivity index (χ1n) is 9.87. The summed E-state index contributed by atoms with van der Waals surface area (Å²) in [7, 11) is 0. The molecule has 2 fully saturated rings. The van der Waals surface area contributed by atoms with Crippen molar-refractivity contribution in [2.75, 3.05) is 18.0 Å². The second-order valence-corrected chi connectivity index (χ2v) is 8.74. The molecule has 5 heteroatoms. The van der Waals surface area contributed by atoms with Gasteiger partial charge in [0.15, 0.2) is 0 Å². The van der Waals surface area contributed by atoms with Gasteiger partial charge >= 0.3 is 0 Å². The van der Waals surface area contributed by atoms with Gasteiger partial charge in [-0.3, -0.25) is 4.79 Å². The van der Waals surface area contributed by atoms with Crippen molar-refractivity contribution in [2.45, 2.75) is 50.6 Å². The Bertz CT molecular complexity index is 898. The zero-order valence-corrected chi connectivity index (χ0v) is 16.4. The van der Waals surface area contributed by atoms with E-state index in [0.29, 0.717) is 12.1 Å². The third-order valence-corrected chi connectivity index (χ3v) is 6.21. The lowest BCUT2D eigenvalue weighted by atomic mass is 9.87. The maximum Gasteiger partial charge on any atom is 0.227 e. The summed E-state index contributed by atoms with van der Waals surface area (Å²) in [5.74, 6) is -0.527. The predicted octanol–water partition coefficient (Wildman–Crippen LogP) is 4.56. The number of carbonyl (C=O) groups is 1. The second-order valence-electron chi connectivity index (χ2n) is 8.74. The first-order chi connectivity index (χ1) is 13.3. The van der Waals surface area contributed by atoms with Crippen molar-refractivity contribution < 1.29 is 13.6 Å². The Morgan fingerprint density at radius 3 is 2.50 bits per heavy atom. The number of carbonyl (C=O) groups excluding carboxylic acids is 1. The van der Waals surface area contributed by atoms with Crippen LogP contribution in [-0.2, 0) is 11.2 Å². The minimum absolute atomic E-state index is 0.0417. The van der Waals surface area contributed by atoms with Gasteiger partial charge in [-0.1, -0.05) is 18.2 Å². The molecule has 0 bridgehead atoms. The van der Waals surface area contributed by atoms with E-state index in [9.17, 15) is 13.6 Å². The van der Waals surface area contributed by atoms with Crippen LogP contribution in [0.25, 0.3) is 0 Å². The summed E-state index contributed by atoms with van der Waals surface area (Å²) in [6.45, 7) is 5.72. The molecule has 1 unspecified atom stereocenters. The van der Waals surface area contributed by atoms with Crippen LogP contribution in [0.3, 0.4) is 0 Å². The molecule has 0 N–H and O–H groups in total. The summed E-state index contributed by atoms with van der Waals surface area (Å²) < 4.78 is 27.3. The smallest absolute Gasteiger partial charge is 0.227 e. The fraction of sp³-hybridized carbons (Fsp3) is 0.435. The molecule has 2 aliphatic heterocycles. The highest BCUT2D eigenvalue weighted by Gasteiger charge is 2.54. The largest absolute Gasteiger partial charge is 0.364 e. The zero-order chi connectivity index (χ0) is 19.9. The van der Waals surface area contributed by atoms with Gasteiger partial charge in [-0.25, -0.2) is 8.78 Å². The van der Waals surface area contributed by atoms with Gasteiger partial charge in [-0.2, -0.15) is 0 Å². The van der Waals surface area contributed by atoms with Crippen LogP contribution in [0.5, 0.6) is 0 Å². The molecule has 0 saturated carbocycles. The Morgan fingerprint density at radius 2 is 1.79 bits per heavy atom. The number of amides is 1. The first-order valence-corrected chi connectivity index (χ1v) is 9.87. The van der Waals surface area contributed by atoms with Gasteiger partial charge in [0.2, 0.25) is 5.91 Å². The topological polar surface area (TPSA) is 23.6 Å². The minimum Gasteiger partial charge on any atom is -0.364 e. The van der Waals surface area contributed by atoms with Gasteiger partial charge in [0.25, 0.3) is 0 Å². The van der Waals surface area contributed by atoms with Gasteiger partial charge < -0.3 is 9.80 Å². The van der Waals surface area contributed by atoms with Crippen LogP contribution in [0.15, 0.2) is 48.5 Å². The standard InChI is InChI=1S/C23H26F2N2O/c1-22(2)15-23(16-27(22)20-9-4-8-19(25)14-20)10-5-11-26(23)21(28)13-17-6-3-7-18(24)12-17/h3-4,6-9,12,14H,5,10-11,13,15-16H2,1-2H3. The lowest BCUT2D eigenvalue weighted by molar-refractivity contribution is -0.134. The molecule has 1 amide bonds. The molecule has 0 aromatic heterocycles. The van der Waals surface area contributed by atoms with Gasteiger partial charge in [0.1, 0.15) is 11.6 Å². The molecule has 4 rings (SSSR count). The van der Waals surface area contributed by atoms with Crippen molar-refractivity contribution in [3.63, 3.8) is 0 Å². The van der Waals surface area contributed by atoms with Gasteiger partial charge in [0.05, 0.1) is 12.0 Å². The minimum atomic E-state index is -0.319. The van der Waals surface area contributed by atoms with Gasteiger partial charge in [-0.05, 0) is 69.0 Å². The molecular weight excluding hydrogens is 358 g/mol. The molecule has 148 valence electrons. The third kappa shape index (κ3) is 3.38. The molecule has 1 spiro atoms. The Hall–Kier alpha value is -2.43. The summed E-state index contributed by atoms with van der Waals surface area (Å²) >= 11 is 0. The highest BCUT2D eigenvalue weighted by atomic mass is 19.1. The molecule has 0 radical (unpaired) electrons. The van der Waals surface area contributed by atoms with E-state index in [1.165, 1.54) is 18.2 Å². The molecule has 2 aliphatic rings. The van der Waals surface area contributed by atoms with Crippen molar-refractivity contribution in [2.24, 2.45) is 0 Å². The van der Waals surface area contributed by atoms with Crippen LogP contribution in [0.2, 0.25) is 0 Å². The van der Waals surface area contributed by atoms with Crippen LogP contribution in [-0.4, -0.2) is 35.0 Å². The number of anilines is 1. The van der Waals surface area contributed by atoms with E-state index >= 15 is 0 Å². The lowest BCUT2D eigenvalue weighted by Crippen LogP contribution is -2.49. The molecule has 28 heavy (non-hydrogen) atoms. The summed E-state index contributed by atoms with van der Waals surface area (Å²) in [5, 5.41) is 0. The molecule has 0 aliphatic carbocycles. The normalized spacial score (nSPS) is 23.6. The monoisotopic (exact) mass is 384 g/mol. The molecule has 2 aromatic carbocycles. The number of halogens is 2. The average Bonchev–Trinajstić information content (AvgIpc) is 3.14. The fourth-order valence-electron chi connectivity index (χ4n) is 5.14. The lowest BCUT2D eigenvalue weighted by Gasteiger charge is -2.35. The van der Waals surface area contributed by atoms with Crippen LogP contribution in [0.1, 0.15) is 38.7 Å². The quantitative estimate of drug-likeness (QED) is 0.775. The van der Waals surface area contributed by atoms with E-state index in [1.807, 2.05) is 11.0 Å². The highest BCUT2D eigenvalue weighted by molar-refractivity contribution is 5.80. The maximum absolute atomic E-state index is 13.8. The van der Waals surface area contributed by atoms with Crippen molar-refractivity contribution in [1.29, 1.82) is 0 Å².